The summed E-state index contributed by atoms with van der Waals surface area (Å²) in [5.74, 6) is 0.906. The molecule has 3 aromatic rings. The van der Waals surface area contributed by atoms with E-state index in [1.165, 1.54) is 11.3 Å². The van der Waals surface area contributed by atoms with Crippen molar-refractivity contribution in [3.05, 3.63) is 41.3 Å². The summed E-state index contributed by atoms with van der Waals surface area (Å²) in [6.07, 6.45) is 0. The van der Waals surface area contributed by atoms with Crippen LogP contribution in [0.3, 0.4) is 0 Å². The molecule has 27 heavy (non-hydrogen) atoms. The second-order valence-electron chi connectivity index (χ2n) is 5.36. The lowest BCUT2D eigenvalue weighted by Gasteiger charge is -2.08. The lowest BCUT2D eigenvalue weighted by atomic mass is 10.2. The maximum atomic E-state index is 12.3. The Balaban J connectivity index is 1.63. The summed E-state index contributed by atoms with van der Waals surface area (Å²) in [6.45, 7) is 4.26. The van der Waals surface area contributed by atoms with E-state index in [0.29, 0.717) is 28.3 Å². The number of carbonyl (C=O) groups excluding carboxylic acids is 1. The number of nitrogens with one attached hydrogen (secondary N) is 1. The van der Waals surface area contributed by atoms with Gasteiger partial charge < -0.3 is 14.5 Å². The topological polar surface area (TPSA) is 101 Å². The zero-order valence-electron chi connectivity index (χ0n) is 14.6. The van der Waals surface area contributed by atoms with Gasteiger partial charge in [-0.25, -0.2) is 0 Å². The molecular weight excluding hydrogens is 384 g/mol. The van der Waals surface area contributed by atoms with Crippen LogP contribution >= 0.6 is 23.1 Å². The minimum atomic E-state index is -0.465. The Labute approximate surface area is 164 Å². The van der Waals surface area contributed by atoms with E-state index in [1.54, 1.807) is 18.4 Å². The van der Waals surface area contributed by atoms with Crippen LogP contribution in [0.1, 0.15) is 19.4 Å². The van der Waals surface area contributed by atoms with E-state index < -0.39 is 5.25 Å². The van der Waals surface area contributed by atoms with Gasteiger partial charge in [-0.2, -0.15) is 5.26 Å². The molecule has 9 heteroatoms. The molecule has 1 aromatic carbocycles. The van der Waals surface area contributed by atoms with Crippen molar-refractivity contribution in [1.29, 1.82) is 5.26 Å². The summed E-state index contributed by atoms with van der Waals surface area (Å²) in [4.78, 5) is 12.3. The van der Waals surface area contributed by atoms with E-state index in [1.807, 2.05) is 37.3 Å². The van der Waals surface area contributed by atoms with Gasteiger partial charge in [-0.3, -0.25) is 4.79 Å². The number of nitriles is 1. The molecule has 0 aliphatic rings. The van der Waals surface area contributed by atoms with Crippen molar-refractivity contribution in [3.8, 4) is 23.3 Å². The minimum Gasteiger partial charge on any atom is -0.494 e. The third kappa shape index (κ3) is 4.67. The SMILES string of the molecule is CCOc1ccc(-c2nnc(S[C@@H](C)C(=O)Nc3sccc3C#N)o2)cc1. The highest BCUT2D eigenvalue weighted by atomic mass is 32.2. The smallest absolute Gasteiger partial charge is 0.277 e. The molecule has 1 N–H and O–H groups in total. The summed E-state index contributed by atoms with van der Waals surface area (Å²) in [5.41, 5.74) is 1.22. The Morgan fingerprint density at radius 3 is 2.85 bits per heavy atom. The van der Waals surface area contributed by atoms with Crippen LogP contribution in [0.2, 0.25) is 0 Å². The summed E-state index contributed by atoms with van der Waals surface area (Å²) in [5, 5.41) is 21.9. The number of nitrogens with zero attached hydrogens (tertiary/aromatic N) is 3. The van der Waals surface area contributed by atoms with Crippen molar-refractivity contribution in [2.24, 2.45) is 0 Å². The maximum absolute atomic E-state index is 12.3. The summed E-state index contributed by atoms with van der Waals surface area (Å²) >= 11 is 2.47. The zero-order valence-corrected chi connectivity index (χ0v) is 16.3. The van der Waals surface area contributed by atoms with Crippen molar-refractivity contribution >= 4 is 34.0 Å². The van der Waals surface area contributed by atoms with Crippen LogP contribution in [0.25, 0.3) is 11.5 Å². The third-order valence-electron chi connectivity index (χ3n) is 3.49. The van der Waals surface area contributed by atoms with Crippen LogP contribution in [0.5, 0.6) is 5.75 Å². The zero-order chi connectivity index (χ0) is 19.2. The van der Waals surface area contributed by atoms with E-state index in [0.717, 1.165) is 23.1 Å². The molecule has 0 unspecified atom stereocenters. The van der Waals surface area contributed by atoms with Crippen LogP contribution in [0, 0.1) is 11.3 Å². The van der Waals surface area contributed by atoms with Gasteiger partial charge in [0.05, 0.1) is 17.4 Å². The van der Waals surface area contributed by atoms with Gasteiger partial charge in [-0.15, -0.1) is 21.5 Å². The van der Waals surface area contributed by atoms with E-state index in [2.05, 4.69) is 15.5 Å². The quantitative estimate of drug-likeness (QED) is 0.593. The second-order valence-corrected chi connectivity index (χ2v) is 7.56. The highest BCUT2D eigenvalue weighted by molar-refractivity contribution is 8.00. The summed E-state index contributed by atoms with van der Waals surface area (Å²) in [6, 6.07) is 11.0. The fourth-order valence-corrected chi connectivity index (χ4v) is 3.57. The first kappa shape index (κ1) is 18.9. The molecule has 0 fully saturated rings. The Kier molecular flexibility index (Phi) is 6.11. The molecule has 0 bridgehead atoms. The van der Waals surface area contributed by atoms with E-state index >= 15 is 0 Å². The molecule has 7 nitrogen and oxygen atoms in total. The van der Waals surface area contributed by atoms with E-state index in [-0.39, 0.29) is 5.91 Å². The third-order valence-corrected chi connectivity index (χ3v) is 5.25. The number of amides is 1. The highest BCUT2D eigenvalue weighted by Gasteiger charge is 2.20. The predicted molar refractivity (Wildman–Crippen MR) is 104 cm³/mol. The van der Waals surface area contributed by atoms with Crippen molar-refractivity contribution in [1.82, 2.24) is 10.2 Å². The molecule has 0 saturated heterocycles. The van der Waals surface area contributed by atoms with Crippen molar-refractivity contribution in [2.75, 3.05) is 11.9 Å². The average molecular weight is 400 g/mol. The summed E-state index contributed by atoms with van der Waals surface area (Å²) in [7, 11) is 0. The van der Waals surface area contributed by atoms with Gasteiger partial charge in [0, 0.05) is 5.56 Å². The van der Waals surface area contributed by atoms with E-state index in [4.69, 9.17) is 14.4 Å². The standard InChI is InChI=1S/C18H16N4O3S2/c1-3-24-14-6-4-12(5-7-14)16-21-22-18(25-16)27-11(2)15(23)20-17-13(10-19)8-9-26-17/h4-9,11H,3H2,1-2H3,(H,20,23)/t11-/m0/s1. The molecule has 138 valence electrons. The van der Waals surface area contributed by atoms with E-state index in [9.17, 15) is 4.79 Å². The number of anilines is 1. The molecule has 2 heterocycles. The Morgan fingerprint density at radius 2 is 2.15 bits per heavy atom. The van der Waals surface area contributed by atoms with Crippen LogP contribution in [-0.2, 0) is 4.79 Å². The average Bonchev–Trinajstić information content (AvgIpc) is 3.32. The molecule has 2 aromatic heterocycles. The number of thioether (sulfide) groups is 1. The fourth-order valence-electron chi connectivity index (χ4n) is 2.15. The molecule has 0 saturated carbocycles. The van der Waals surface area contributed by atoms with Gasteiger partial charge in [-0.1, -0.05) is 11.8 Å². The van der Waals surface area contributed by atoms with Crippen LogP contribution in [0.4, 0.5) is 5.00 Å². The van der Waals surface area contributed by atoms with Crippen LogP contribution in [-0.4, -0.2) is 28.0 Å². The highest BCUT2D eigenvalue weighted by Crippen LogP contribution is 2.29. The number of thiophene rings is 1. The number of ether oxygens (including phenoxy) is 1. The molecular formula is C18H16N4O3S2. The maximum Gasteiger partial charge on any atom is 0.277 e. The molecule has 0 aliphatic heterocycles. The lowest BCUT2D eigenvalue weighted by molar-refractivity contribution is -0.115. The first-order valence-corrected chi connectivity index (χ1v) is 9.88. The predicted octanol–water partition coefficient (Wildman–Crippen LogP) is 4.19. The van der Waals surface area contributed by atoms with Crippen molar-refractivity contribution in [2.45, 2.75) is 24.3 Å². The Hall–Kier alpha value is -2.83. The number of rotatable bonds is 7. The number of aromatic nitrogens is 2. The number of carbonyl (C=O) groups is 1. The molecule has 1 amide bonds. The molecule has 0 radical (unpaired) electrons. The molecule has 1 atom stereocenters. The Bertz CT molecular complexity index is 960. The molecule has 0 spiro atoms. The number of hydrogen-bond acceptors (Lipinski definition) is 8. The monoisotopic (exact) mass is 400 g/mol. The van der Waals surface area contributed by atoms with Crippen LogP contribution in [0.15, 0.2) is 45.4 Å². The molecule has 3 rings (SSSR count). The Morgan fingerprint density at radius 1 is 1.37 bits per heavy atom. The first-order chi connectivity index (χ1) is 13.1. The first-order valence-electron chi connectivity index (χ1n) is 8.12. The molecule has 0 aliphatic carbocycles. The second kappa shape index (κ2) is 8.70. The van der Waals surface area contributed by atoms with Gasteiger partial charge in [0.2, 0.25) is 11.8 Å². The lowest BCUT2D eigenvalue weighted by Crippen LogP contribution is -2.22. The van der Waals surface area contributed by atoms with Gasteiger partial charge in [-0.05, 0) is 49.6 Å². The normalized spacial score (nSPS) is 11.6. The summed E-state index contributed by atoms with van der Waals surface area (Å²) < 4.78 is 11.0. The van der Waals surface area contributed by atoms with Gasteiger partial charge in [0.1, 0.15) is 16.8 Å². The number of benzene rings is 1. The van der Waals surface area contributed by atoms with Crippen molar-refractivity contribution < 1.29 is 13.9 Å². The number of hydrogen-bond donors (Lipinski definition) is 1. The minimum absolute atomic E-state index is 0.236. The largest absolute Gasteiger partial charge is 0.494 e. The van der Waals surface area contributed by atoms with Gasteiger partial charge in [0.25, 0.3) is 5.22 Å². The van der Waals surface area contributed by atoms with Gasteiger partial charge in [0.15, 0.2) is 0 Å². The van der Waals surface area contributed by atoms with Crippen LogP contribution < -0.4 is 10.1 Å². The fraction of sp³-hybridized carbons (Fsp3) is 0.222. The van der Waals surface area contributed by atoms with Crippen molar-refractivity contribution in [3.63, 3.8) is 0 Å². The van der Waals surface area contributed by atoms with Gasteiger partial charge >= 0.3 is 0 Å².